The average molecular weight is 601 g/mol. The van der Waals surface area contributed by atoms with Crippen molar-refractivity contribution in [1.82, 2.24) is 19.7 Å². The lowest BCUT2D eigenvalue weighted by Gasteiger charge is -2.34. The topological polar surface area (TPSA) is 92.6 Å². The monoisotopic (exact) mass is 600 g/mol. The number of hydrogen-bond acceptors (Lipinski definition) is 6. The maximum absolute atomic E-state index is 13.1. The summed E-state index contributed by atoms with van der Waals surface area (Å²) in [4.78, 5) is 36.6. The summed E-state index contributed by atoms with van der Waals surface area (Å²) in [6.07, 6.45) is 3.07. The van der Waals surface area contributed by atoms with E-state index in [-0.39, 0.29) is 23.5 Å². The van der Waals surface area contributed by atoms with Gasteiger partial charge in [0.25, 0.3) is 5.91 Å². The fourth-order valence-electron chi connectivity index (χ4n) is 5.26. The molecule has 2 aromatic carbocycles. The van der Waals surface area contributed by atoms with Crippen molar-refractivity contribution in [3.8, 4) is 6.07 Å². The number of halogens is 1. The number of likely N-dealkylation sites (tertiary alicyclic amines) is 1. The first kappa shape index (κ1) is 34.4. The molecule has 0 spiro atoms. The number of nitriles is 1. The smallest absolute Gasteiger partial charge is 0.255 e. The van der Waals surface area contributed by atoms with Gasteiger partial charge < -0.3 is 10.2 Å². The van der Waals surface area contributed by atoms with Crippen LogP contribution < -0.4 is 5.32 Å². The van der Waals surface area contributed by atoms with E-state index >= 15 is 0 Å². The molecule has 3 aromatic rings. The number of amides is 2. The summed E-state index contributed by atoms with van der Waals surface area (Å²) < 4.78 is 13.1. The van der Waals surface area contributed by atoms with E-state index in [9.17, 15) is 14.0 Å². The normalized spacial score (nSPS) is 15.6. The predicted molar refractivity (Wildman–Crippen MR) is 172 cm³/mol. The van der Waals surface area contributed by atoms with Crippen LogP contribution in [0.25, 0.3) is 0 Å². The van der Waals surface area contributed by atoms with E-state index in [1.807, 2.05) is 56.9 Å². The third kappa shape index (κ3) is 9.97. The molecule has 0 saturated carbocycles. The highest BCUT2D eigenvalue weighted by Gasteiger charge is 2.26. The highest BCUT2D eigenvalue weighted by atomic mass is 19.1. The minimum absolute atomic E-state index is 0.0399. The maximum Gasteiger partial charge on any atom is 0.255 e. The molecule has 1 N–H and O–H groups in total. The van der Waals surface area contributed by atoms with E-state index in [1.54, 1.807) is 24.3 Å². The van der Waals surface area contributed by atoms with E-state index in [4.69, 9.17) is 5.26 Å². The first-order valence-electron chi connectivity index (χ1n) is 15.7. The summed E-state index contributed by atoms with van der Waals surface area (Å²) in [5.41, 5.74) is 3.37. The molecule has 0 atom stereocenters. The number of carbonyl (C=O) groups is 2. The predicted octanol–water partition coefficient (Wildman–Crippen LogP) is 5.95. The van der Waals surface area contributed by atoms with Crippen molar-refractivity contribution in [2.24, 2.45) is 5.92 Å². The Bertz CT molecular complexity index is 1340. The van der Waals surface area contributed by atoms with Gasteiger partial charge in [0.1, 0.15) is 11.6 Å². The molecule has 2 amide bonds. The molecule has 0 unspecified atom stereocenters. The van der Waals surface area contributed by atoms with Crippen molar-refractivity contribution >= 4 is 17.6 Å². The van der Waals surface area contributed by atoms with Crippen LogP contribution >= 0.6 is 0 Å². The van der Waals surface area contributed by atoms with Gasteiger partial charge in [0, 0.05) is 51.4 Å². The third-order valence-corrected chi connectivity index (χ3v) is 7.69. The minimum atomic E-state index is -0.240. The Morgan fingerprint density at radius 1 is 0.818 bits per heavy atom. The highest BCUT2D eigenvalue weighted by molar-refractivity contribution is 5.95. The standard InChI is InChI=1S/C31H33FN6O2.2C2H6/c32-28-8-5-25(6-9-28)22-37-15-17-38(18-16-37)31(40)27-7-10-29(34-20-27)35-30(39)26-11-13-36(14-12-26)21-24-3-1-23(19-33)2-4-24;2*1-2/h1-10,20,26H,11-18,21-22H2,(H,34,35,39);2*1-2H3. The Morgan fingerprint density at radius 2 is 1.36 bits per heavy atom. The van der Waals surface area contributed by atoms with Crippen molar-refractivity contribution in [1.29, 1.82) is 5.26 Å². The zero-order chi connectivity index (χ0) is 31.9. The molecular weight excluding hydrogens is 555 g/mol. The average Bonchev–Trinajstić information content (AvgIpc) is 3.08. The number of nitrogens with one attached hydrogen (secondary N) is 1. The van der Waals surface area contributed by atoms with Crippen molar-refractivity contribution in [2.75, 3.05) is 44.6 Å². The van der Waals surface area contributed by atoms with E-state index in [2.05, 4.69) is 26.2 Å². The number of carbonyl (C=O) groups excluding carboxylic acids is 2. The molecule has 0 bridgehead atoms. The van der Waals surface area contributed by atoms with Crippen LogP contribution in [0.2, 0.25) is 0 Å². The van der Waals surface area contributed by atoms with Gasteiger partial charge in [-0.15, -0.1) is 0 Å². The number of aromatic nitrogens is 1. The minimum Gasteiger partial charge on any atom is -0.336 e. The highest BCUT2D eigenvalue weighted by Crippen LogP contribution is 2.21. The number of hydrogen-bond donors (Lipinski definition) is 1. The van der Waals surface area contributed by atoms with Crippen molar-refractivity contribution < 1.29 is 14.0 Å². The Morgan fingerprint density at radius 3 is 1.89 bits per heavy atom. The van der Waals surface area contributed by atoms with Gasteiger partial charge in [0.05, 0.1) is 17.2 Å². The van der Waals surface area contributed by atoms with Gasteiger partial charge in [0.15, 0.2) is 0 Å². The van der Waals surface area contributed by atoms with Crippen LogP contribution in [0.4, 0.5) is 10.2 Å². The van der Waals surface area contributed by atoms with E-state index in [0.717, 1.165) is 63.2 Å². The summed E-state index contributed by atoms with van der Waals surface area (Å²) in [7, 11) is 0. The second-order valence-electron chi connectivity index (χ2n) is 10.5. The van der Waals surface area contributed by atoms with Crippen LogP contribution in [-0.4, -0.2) is 70.8 Å². The molecule has 234 valence electrons. The molecule has 44 heavy (non-hydrogen) atoms. The van der Waals surface area contributed by atoms with E-state index in [0.29, 0.717) is 30.0 Å². The molecule has 3 heterocycles. The fourth-order valence-corrected chi connectivity index (χ4v) is 5.26. The molecule has 5 rings (SSSR count). The summed E-state index contributed by atoms with van der Waals surface area (Å²) in [6.45, 7) is 13.9. The largest absolute Gasteiger partial charge is 0.336 e. The Hall–Kier alpha value is -4.13. The summed E-state index contributed by atoms with van der Waals surface area (Å²) >= 11 is 0. The first-order valence-corrected chi connectivity index (χ1v) is 15.7. The van der Waals surface area contributed by atoms with E-state index in [1.165, 1.54) is 18.3 Å². The number of piperazine rings is 1. The number of rotatable bonds is 7. The number of benzene rings is 2. The van der Waals surface area contributed by atoms with Crippen LogP contribution in [0.5, 0.6) is 0 Å². The molecule has 9 heteroatoms. The van der Waals surface area contributed by atoms with Gasteiger partial charge in [-0.05, 0) is 73.5 Å². The van der Waals surface area contributed by atoms with Crippen LogP contribution in [0.15, 0.2) is 66.9 Å². The zero-order valence-corrected chi connectivity index (χ0v) is 26.4. The van der Waals surface area contributed by atoms with Crippen molar-refractivity contribution in [3.05, 3.63) is 94.9 Å². The molecule has 2 aliphatic rings. The number of pyridine rings is 1. The summed E-state index contributed by atoms with van der Waals surface area (Å²) in [5.74, 6) is 0.0246. The van der Waals surface area contributed by atoms with Gasteiger partial charge in [0.2, 0.25) is 5.91 Å². The lowest BCUT2D eigenvalue weighted by Crippen LogP contribution is -2.48. The van der Waals surface area contributed by atoms with Crippen molar-refractivity contribution in [2.45, 2.75) is 53.6 Å². The van der Waals surface area contributed by atoms with Gasteiger partial charge in [-0.1, -0.05) is 52.0 Å². The first-order chi connectivity index (χ1) is 21.5. The van der Waals surface area contributed by atoms with Crippen LogP contribution in [0, 0.1) is 23.1 Å². The molecule has 0 aliphatic carbocycles. The Labute approximate surface area is 261 Å². The SMILES string of the molecule is CC.CC.N#Cc1ccc(CN2CCC(C(=O)Nc3ccc(C(=O)N4CCN(Cc5ccc(F)cc5)CC4)cn3)CC2)cc1. The van der Waals surface area contributed by atoms with Gasteiger partial charge >= 0.3 is 0 Å². The summed E-state index contributed by atoms with van der Waals surface area (Å²) in [6, 6.07) is 19.7. The number of nitrogens with zero attached hydrogens (tertiary/aromatic N) is 5. The molecule has 8 nitrogen and oxygen atoms in total. The second kappa shape index (κ2) is 17.9. The Balaban J connectivity index is 0.00000127. The zero-order valence-electron chi connectivity index (χ0n) is 26.4. The lowest BCUT2D eigenvalue weighted by atomic mass is 9.95. The van der Waals surface area contributed by atoms with Crippen molar-refractivity contribution in [3.63, 3.8) is 0 Å². The van der Waals surface area contributed by atoms with Gasteiger partial charge in [-0.25, -0.2) is 9.37 Å². The molecular formula is C35H45FN6O2. The molecule has 2 saturated heterocycles. The van der Waals surface area contributed by atoms with Crippen LogP contribution in [-0.2, 0) is 17.9 Å². The molecule has 2 fully saturated rings. The number of piperidine rings is 1. The van der Waals surface area contributed by atoms with E-state index < -0.39 is 0 Å². The quantitative estimate of drug-likeness (QED) is 0.360. The molecule has 0 radical (unpaired) electrons. The van der Waals surface area contributed by atoms with Crippen LogP contribution in [0.1, 0.15) is 67.6 Å². The molecule has 1 aromatic heterocycles. The fraction of sp³-hybridized carbons (Fsp3) is 0.429. The number of anilines is 1. The summed E-state index contributed by atoms with van der Waals surface area (Å²) in [5, 5.41) is 11.9. The lowest BCUT2D eigenvalue weighted by molar-refractivity contribution is -0.121. The van der Waals surface area contributed by atoms with Crippen LogP contribution in [0.3, 0.4) is 0 Å². The second-order valence-corrected chi connectivity index (χ2v) is 10.5. The third-order valence-electron chi connectivity index (χ3n) is 7.69. The maximum atomic E-state index is 13.1. The van der Waals surface area contributed by atoms with Gasteiger partial charge in [-0.3, -0.25) is 19.4 Å². The Kier molecular flexibility index (Phi) is 13.9. The molecule has 2 aliphatic heterocycles. The van der Waals surface area contributed by atoms with Gasteiger partial charge in [-0.2, -0.15) is 5.26 Å².